The van der Waals surface area contributed by atoms with Crippen molar-refractivity contribution in [3.05, 3.63) is 122 Å². The maximum Gasteiger partial charge on any atom is 0.291 e. The quantitative estimate of drug-likeness (QED) is 0.124. The number of aromatic nitrogens is 2. The Morgan fingerprint density at radius 2 is 1.83 bits per heavy atom. The number of aliphatic hydroxyl groups is 1. The van der Waals surface area contributed by atoms with Crippen LogP contribution in [0.2, 0.25) is 10.0 Å². The van der Waals surface area contributed by atoms with Crippen LogP contribution in [0.1, 0.15) is 63.7 Å². The van der Waals surface area contributed by atoms with Crippen molar-refractivity contribution in [3.8, 4) is 22.6 Å². The van der Waals surface area contributed by atoms with Crippen LogP contribution in [0, 0.1) is 12.7 Å². The molecule has 5 aromatic rings. The summed E-state index contributed by atoms with van der Waals surface area (Å²) in [6.07, 6.45) is 1.71. The number of nitrogens with zero attached hydrogens (tertiary/aromatic N) is 3. The lowest BCUT2D eigenvalue weighted by Crippen LogP contribution is -2.39. The Balaban J connectivity index is 1.10. The van der Waals surface area contributed by atoms with Crippen molar-refractivity contribution in [2.45, 2.75) is 58.3 Å². The molecule has 3 N–H and O–H groups in total. The van der Waals surface area contributed by atoms with Crippen molar-refractivity contribution < 1.29 is 23.8 Å². The lowest BCUT2D eigenvalue weighted by Gasteiger charge is -2.30. The Labute approximate surface area is 318 Å². The first-order chi connectivity index (χ1) is 25.6. The zero-order chi connectivity index (χ0) is 37.4. The summed E-state index contributed by atoms with van der Waals surface area (Å²) >= 11 is 13.6. The predicted molar refractivity (Wildman–Crippen MR) is 207 cm³/mol. The highest BCUT2D eigenvalue weighted by atomic mass is 35.5. The summed E-state index contributed by atoms with van der Waals surface area (Å²) in [5.41, 5.74) is 8.30. The number of amides is 1. The second-order valence-electron chi connectivity index (χ2n) is 13.7. The van der Waals surface area contributed by atoms with Crippen molar-refractivity contribution in [2.75, 3.05) is 30.9 Å². The molecule has 1 amide bonds. The largest absolute Gasteiger partial charge is 0.496 e. The third-order valence-corrected chi connectivity index (χ3v) is 11.1. The SMILES string of the molecule is COc1cc(OC2CCc3c(-c4cccc(NC(=O)c5nc6c(n5C)CCN(C(C)CO)C6)c4Cl)cccc32)c(Cl)c(F)c1CNc1cccc(C)c1. The highest BCUT2D eigenvalue weighted by Gasteiger charge is 2.31. The van der Waals surface area contributed by atoms with Crippen LogP contribution in [0.4, 0.5) is 15.8 Å². The first kappa shape index (κ1) is 36.7. The van der Waals surface area contributed by atoms with Crippen LogP contribution in [0.25, 0.3) is 11.1 Å². The van der Waals surface area contributed by atoms with Crippen LogP contribution in [-0.2, 0) is 33.0 Å². The maximum atomic E-state index is 15.8. The third-order valence-electron chi connectivity index (χ3n) is 10.3. The summed E-state index contributed by atoms with van der Waals surface area (Å²) in [6, 6.07) is 21.0. The maximum absolute atomic E-state index is 15.8. The summed E-state index contributed by atoms with van der Waals surface area (Å²) in [5.74, 6) is -0.104. The minimum absolute atomic E-state index is 0.0127. The van der Waals surface area contributed by atoms with Gasteiger partial charge in [-0.15, -0.1) is 0 Å². The standard InChI is InChI=1S/C41H42Cl2FN5O4/c1-23-8-5-9-25(18-23)45-20-30-35(52-4)19-36(38(43)39(30)44)53-34-15-14-27-26(10-6-11-28(27)34)29-12-7-13-31(37(29)42)47-41(51)40-46-32-21-49(24(2)22-50)17-16-33(32)48(40)3/h5-13,18-19,24,34,45,50H,14-17,20-22H2,1-4H3,(H,47,51). The molecule has 2 heterocycles. The van der Waals surface area contributed by atoms with Crippen molar-refractivity contribution in [1.82, 2.24) is 14.5 Å². The number of fused-ring (bicyclic) bond motifs is 2. The van der Waals surface area contributed by atoms with Crippen molar-refractivity contribution in [2.24, 2.45) is 7.05 Å². The van der Waals surface area contributed by atoms with Gasteiger partial charge in [0.1, 0.15) is 22.6 Å². The van der Waals surface area contributed by atoms with Crippen molar-refractivity contribution in [1.29, 1.82) is 0 Å². The molecule has 4 aromatic carbocycles. The smallest absolute Gasteiger partial charge is 0.291 e. The van der Waals surface area contributed by atoms with Gasteiger partial charge in [0.25, 0.3) is 5.91 Å². The molecular weight excluding hydrogens is 716 g/mol. The van der Waals surface area contributed by atoms with Gasteiger partial charge in [-0.05, 0) is 67.1 Å². The van der Waals surface area contributed by atoms with Crippen LogP contribution in [0.3, 0.4) is 0 Å². The number of hydrogen-bond acceptors (Lipinski definition) is 7. The summed E-state index contributed by atoms with van der Waals surface area (Å²) < 4.78 is 29.6. The number of anilines is 2. The molecule has 53 heavy (non-hydrogen) atoms. The molecule has 1 aliphatic carbocycles. The Kier molecular flexibility index (Phi) is 10.7. The third kappa shape index (κ3) is 7.21. The number of hydrogen-bond donors (Lipinski definition) is 3. The number of imidazole rings is 1. The molecule has 1 aromatic heterocycles. The molecule has 9 nitrogen and oxygen atoms in total. The van der Waals surface area contributed by atoms with E-state index in [9.17, 15) is 9.90 Å². The Bertz CT molecular complexity index is 2190. The lowest BCUT2D eigenvalue weighted by molar-refractivity contribution is 0.101. The number of carbonyl (C=O) groups excluding carboxylic acids is 1. The van der Waals surface area contributed by atoms with Crippen LogP contribution < -0.4 is 20.1 Å². The molecule has 7 rings (SSSR count). The number of rotatable bonds is 11. The van der Waals surface area contributed by atoms with Gasteiger partial charge in [-0.25, -0.2) is 9.37 Å². The monoisotopic (exact) mass is 757 g/mol. The van der Waals surface area contributed by atoms with Gasteiger partial charge in [0.2, 0.25) is 0 Å². The number of aliphatic hydroxyl groups excluding tert-OH is 1. The first-order valence-corrected chi connectivity index (χ1v) is 18.5. The second kappa shape index (κ2) is 15.4. The molecule has 0 spiro atoms. The Morgan fingerprint density at radius 3 is 2.60 bits per heavy atom. The van der Waals surface area contributed by atoms with Crippen LogP contribution >= 0.6 is 23.2 Å². The fourth-order valence-electron chi connectivity index (χ4n) is 7.40. The molecule has 0 saturated heterocycles. The van der Waals surface area contributed by atoms with E-state index in [0.29, 0.717) is 47.2 Å². The molecule has 0 radical (unpaired) electrons. The molecule has 2 unspecified atom stereocenters. The van der Waals surface area contributed by atoms with Crippen LogP contribution in [0.5, 0.6) is 11.5 Å². The summed E-state index contributed by atoms with van der Waals surface area (Å²) in [5, 5.41) is 16.2. The number of ether oxygens (including phenoxy) is 2. The number of benzene rings is 4. The van der Waals surface area contributed by atoms with Gasteiger partial charge in [-0.3, -0.25) is 9.69 Å². The number of carbonyl (C=O) groups is 1. The van der Waals surface area contributed by atoms with Crippen molar-refractivity contribution >= 4 is 40.5 Å². The van der Waals surface area contributed by atoms with Gasteiger partial charge in [-0.1, -0.05) is 65.7 Å². The average Bonchev–Trinajstić information content (AvgIpc) is 3.73. The van der Waals surface area contributed by atoms with Crippen LogP contribution in [-0.4, -0.2) is 51.8 Å². The average molecular weight is 759 g/mol. The molecule has 0 fully saturated rings. The van der Waals surface area contributed by atoms with Crippen molar-refractivity contribution in [3.63, 3.8) is 0 Å². The topological polar surface area (TPSA) is 101 Å². The van der Waals surface area contributed by atoms with Gasteiger partial charge in [0.15, 0.2) is 11.6 Å². The zero-order valence-corrected chi connectivity index (χ0v) is 31.6. The summed E-state index contributed by atoms with van der Waals surface area (Å²) in [4.78, 5) is 20.4. The number of nitrogens with one attached hydrogen (secondary N) is 2. The fourth-order valence-corrected chi connectivity index (χ4v) is 7.89. The van der Waals surface area contributed by atoms with E-state index < -0.39 is 5.82 Å². The molecule has 12 heteroatoms. The predicted octanol–water partition coefficient (Wildman–Crippen LogP) is 8.52. The highest BCUT2D eigenvalue weighted by molar-refractivity contribution is 6.36. The molecule has 276 valence electrons. The van der Waals surface area contributed by atoms with E-state index in [4.69, 9.17) is 37.7 Å². The number of methoxy groups -OCH3 is 1. The lowest BCUT2D eigenvalue weighted by atomic mass is 9.96. The Morgan fingerprint density at radius 1 is 1.06 bits per heavy atom. The van der Waals surface area contributed by atoms with E-state index in [1.807, 2.05) is 80.1 Å². The molecular formula is C41H42Cl2FN5O4. The summed E-state index contributed by atoms with van der Waals surface area (Å²) in [7, 11) is 3.35. The van der Waals surface area contributed by atoms with Gasteiger partial charge < -0.3 is 29.8 Å². The fraction of sp³-hybridized carbons (Fsp3) is 0.317. The minimum Gasteiger partial charge on any atom is -0.496 e. The molecule has 2 atom stereocenters. The second-order valence-corrected chi connectivity index (χ2v) is 14.4. The number of aryl methyl sites for hydroxylation is 1. The number of halogens is 3. The van der Waals surface area contributed by atoms with E-state index >= 15 is 4.39 Å². The van der Waals surface area contributed by atoms with E-state index in [1.54, 1.807) is 12.1 Å². The van der Waals surface area contributed by atoms with Crippen LogP contribution in [0.15, 0.2) is 66.7 Å². The van der Waals surface area contributed by atoms with Gasteiger partial charge in [-0.2, -0.15) is 0 Å². The molecule has 0 bridgehead atoms. The van der Waals surface area contributed by atoms with E-state index in [1.165, 1.54) is 7.11 Å². The van der Waals surface area contributed by atoms with Gasteiger partial charge in [0, 0.05) is 62.2 Å². The molecule has 0 saturated carbocycles. The van der Waals surface area contributed by atoms with Gasteiger partial charge in [0.05, 0.1) is 35.7 Å². The molecule has 1 aliphatic heterocycles. The Hall–Kier alpha value is -4.61. The summed E-state index contributed by atoms with van der Waals surface area (Å²) in [6.45, 7) is 5.58. The van der Waals surface area contributed by atoms with E-state index in [2.05, 4.69) is 15.5 Å². The normalized spacial score (nSPS) is 15.8. The van der Waals surface area contributed by atoms with E-state index in [0.717, 1.165) is 57.9 Å². The minimum atomic E-state index is -0.595. The first-order valence-electron chi connectivity index (χ1n) is 17.7. The molecule has 2 aliphatic rings. The van der Waals surface area contributed by atoms with Gasteiger partial charge >= 0.3 is 0 Å². The zero-order valence-electron chi connectivity index (χ0n) is 30.1. The highest BCUT2D eigenvalue weighted by Crippen LogP contribution is 2.45. The van der Waals surface area contributed by atoms with E-state index in [-0.39, 0.29) is 42.0 Å².